The van der Waals surface area contributed by atoms with Crippen LogP contribution in [0.5, 0.6) is 0 Å². The van der Waals surface area contributed by atoms with E-state index in [1.54, 1.807) is 31.6 Å². The zero-order chi connectivity index (χ0) is 28.4. The molecular formula is C28H28N8O3S. The second kappa shape index (κ2) is 10.9. The Morgan fingerprint density at radius 1 is 1.12 bits per heavy atom. The van der Waals surface area contributed by atoms with Gasteiger partial charge >= 0.3 is 12.0 Å². The van der Waals surface area contributed by atoms with Gasteiger partial charge in [-0.25, -0.2) is 19.7 Å². The van der Waals surface area contributed by atoms with Gasteiger partial charge < -0.3 is 15.3 Å². The Kier molecular flexibility index (Phi) is 7.32. The number of nitriles is 1. The van der Waals surface area contributed by atoms with Gasteiger partial charge in [-0.3, -0.25) is 15.1 Å². The number of hydrogen-bond donors (Lipinski definition) is 3. The number of carboxylic acid groups (broad SMARTS) is 1. The van der Waals surface area contributed by atoms with Crippen LogP contribution < -0.4 is 15.5 Å². The van der Waals surface area contributed by atoms with Crippen LogP contribution in [0.3, 0.4) is 0 Å². The van der Waals surface area contributed by atoms with Crippen molar-refractivity contribution in [2.45, 2.75) is 33.6 Å². The minimum Gasteiger partial charge on any atom is -0.481 e. The number of nitrogens with one attached hydrogen (secondary N) is 2. The van der Waals surface area contributed by atoms with E-state index in [0.717, 1.165) is 27.0 Å². The summed E-state index contributed by atoms with van der Waals surface area (Å²) in [5.41, 5.74) is 4.41. The number of carbonyl (C=O) groups is 2. The molecule has 2 amide bonds. The summed E-state index contributed by atoms with van der Waals surface area (Å²) >= 11 is 1.35. The summed E-state index contributed by atoms with van der Waals surface area (Å²) < 4.78 is 0.850. The first-order valence-electron chi connectivity index (χ1n) is 12.9. The Labute approximate surface area is 234 Å². The maximum absolute atomic E-state index is 12.1. The number of pyridine rings is 1. The second-order valence-electron chi connectivity index (χ2n) is 10.0. The number of aliphatic carboxylic acids is 1. The molecule has 0 unspecified atom stereocenters. The number of benzene rings is 1. The van der Waals surface area contributed by atoms with Crippen LogP contribution in [0.15, 0.2) is 36.8 Å². The standard InChI is InChI=1S/C28H28N8O3S/c1-4-30-26(39)35-27-34-21-11-18(10-20(23(21)40-27)22-16(2)9-17(12-29)13-31-22)19-14-32-25(33-15-19)36-7-5-28(3,6-8-36)24(37)38/h9-11,13-15H,4-8H2,1-3H3,(H,37,38)(H2,30,34,35,39). The van der Waals surface area contributed by atoms with E-state index < -0.39 is 11.4 Å². The number of urea groups is 1. The van der Waals surface area contributed by atoms with Gasteiger partial charge in [0.25, 0.3) is 0 Å². The lowest BCUT2D eigenvalue weighted by atomic mass is 9.80. The summed E-state index contributed by atoms with van der Waals surface area (Å²) in [6, 6.07) is 7.51. The maximum Gasteiger partial charge on any atom is 0.321 e. The summed E-state index contributed by atoms with van der Waals surface area (Å²) in [6.45, 7) is 7.16. The van der Waals surface area contributed by atoms with E-state index in [9.17, 15) is 20.0 Å². The van der Waals surface area contributed by atoms with E-state index in [1.165, 1.54) is 11.3 Å². The zero-order valence-electron chi connectivity index (χ0n) is 22.4. The van der Waals surface area contributed by atoms with Gasteiger partial charge in [0.15, 0.2) is 5.13 Å². The lowest BCUT2D eigenvalue weighted by Gasteiger charge is -2.36. The van der Waals surface area contributed by atoms with Gasteiger partial charge in [0.2, 0.25) is 5.95 Å². The molecule has 1 fully saturated rings. The molecular weight excluding hydrogens is 528 g/mol. The van der Waals surface area contributed by atoms with E-state index in [1.807, 2.05) is 30.9 Å². The minimum absolute atomic E-state index is 0.332. The van der Waals surface area contributed by atoms with Crippen LogP contribution in [0.4, 0.5) is 15.9 Å². The van der Waals surface area contributed by atoms with Gasteiger partial charge in [-0.1, -0.05) is 11.3 Å². The molecule has 1 aromatic carbocycles. The summed E-state index contributed by atoms with van der Waals surface area (Å²) in [5.74, 6) is -0.211. The molecule has 1 aliphatic rings. The minimum atomic E-state index is -0.770. The predicted octanol–water partition coefficient (Wildman–Crippen LogP) is 4.83. The molecule has 3 N–H and O–H groups in total. The fourth-order valence-corrected chi connectivity index (χ4v) is 5.65. The number of carbonyl (C=O) groups excluding carboxylic acids is 1. The highest BCUT2D eigenvalue weighted by Gasteiger charge is 2.37. The van der Waals surface area contributed by atoms with Crippen molar-refractivity contribution in [1.29, 1.82) is 5.26 Å². The number of thiazole rings is 1. The highest BCUT2D eigenvalue weighted by Crippen LogP contribution is 2.39. The first-order valence-corrected chi connectivity index (χ1v) is 13.7. The summed E-state index contributed by atoms with van der Waals surface area (Å²) in [5, 5.41) is 24.8. The zero-order valence-corrected chi connectivity index (χ0v) is 23.2. The Morgan fingerprint density at radius 3 is 2.48 bits per heavy atom. The van der Waals surface area contributed by atoms with E-state index in [2.05, 4.69) is 36.6 Å². The second-order valence-corrected chi connectivity index (χ2v) is 11.0. The van der Waals surface area contributed by atoms with Gasteiger partial charge in [-0.05, 0) is 62.9 Å². The van der Waals surface area contributed by atoms with Crippen LogP contribution in [-0.4, -0.2) is 56.7 Å². The average Bonchev–Trinajstić information content (AvgIpc) is 3.35. The third-order valence-corrected chi connectivity index (χ3v) is 8.17. The van der Waals surface area contributed by atoms with Crippen LogP contribution in [0.1, 0.15) is 37.8 Å². The van der Waals surface area contributed by atoms with E-state index in [0.29, 0.717) is 60.3 Å². The molecule has 1 saturated heterocycles. The molecule has 0 saturated carbocycles. The SMILES string of the molecule is CCNC(=O)Nc1nc2cc(-c3cnc(N4CCC(C)(C(=O)O)CC4)nc3)cc(-c3ncc(C#N)cc3C)c2s1. The molecule has 0 radical (unpaired) electrons. The molecule has 0 spiro atoms. The largest absolute Gasteiger partial charge is 0.481 e. The van der Waals surface area contributed by atoms with Crippen molar-refractivity contribution in [2.75, 3.05) is 29.9 Å². The van der Waals surface area contributed by atoms with Crippen molar-refractivity contribution in [1.82, 2.24) is 25.3 Å². The van der Waals surface area contributed by atoms with Crippen LogP contribution in [0.2, 0.25) is 0 Å². The number of piperidine rings is 1. The third kappa shape index (κ3) is 5.28. The normalized spacial score (nSPS) is 14.5. The highest BCUT2D eigenvalue weighted by molar-refractivity contribution is 7.22. The maximum atomic E-state index is 12.1. The lowest BCUT2D eigenvalue weighted by Crippen LogP contribution is -2.43. The van der Waals surface area contributed by atoms with Gasteiger partial charge in [0, 0.05) is 49.4 Å². The fraction of sp³-hybridized carbons (Fsp3) is 0.321. The predicted molar refractivity (Wildman–Crippen MR) is 153 cm³/mol. The molecule has 0 atom stereocenters. The number of anilines is 2. The van der Waals surface area contributed by atoms with Gasteiger partial charge in [-0.15, -0.1) is 0 Å². The highest BCUT2D eigenvalue weighted by atomic mass is 32.1. The number of amides is 2. The Hall–Kier alpha value is -4.63. The topological polar surface area (TPSA) is 157 Å². The van der Waals surface area contributed by atoms with Crippen molar-refractivity contribution < 1.29 is 14.7 Å². The lowest BCUT2D eigenvalue weighted by molar-refractivity contribution is -0.149. The number of hydrogen-bond acceptors (Lipinski definition) is 9. The van der Waals surface area contributed by atoms with Crippen LogP contribution in [-0.2, 0) is 4.79 Å². The molecule has 11 nitrogen and oxygen atoms in total. The number of rotatable bonds is 6. The van der Waals surface area contributed by atoms with E-state index >= 15 is 0 Å². The molecule has 40 heavy (non-hydrogen) atoms. The van der Waals surface area contributed by atoms with Crippen molar-refractivity contribution in [3.05, 3.63) is 47.9 Å². The average molecular weight is 557 g/mol. The van der Waals surface area contributed by atoms with Crippen LogP contribution in [0, 0.1) is 23.7 Å². The van der Waals surface area contributed by atoms with Crippen LogP contribution >= 0.6 is 11.3 Å². The van der Waals surface area contributed by atoms with Crippen molar-refractivity contribution in [3.63, 3.8) is 0 Å². The molecule has 1 aliphatic heterocycles. The molecule has 0 aliphatic carbocycles. The number of nitrogens with zero attached hydrogens (tertiary/aromatic N) is 6. The summed E-state index contributed by atoms with van der Waals surface area (Å²) in [7, 11) is 0. The number of aryl methyl sites for hydroxylation is 1. The van der Waals surface area contributed by atoms with Gasteiger partial charge in [0.1, 0.15) is 6.07 Å². The van der Waals surface area contributed by atoms with E-state index in [-0.39, 0.29) is 6.03 Å². The fourth-order valence-electron chi connectivity index (χ4n) is 4.70. The molecule has 204 valence electrons. The smallest absolute Gasteiger partial charge is 0.321 e. The number of aromatic nitrogens is 4. The first kappa shape index (κ1) is 27.0. The Morgan fingerprint density at radius 2 is 1.85 bits per heavy atom. The van der Waals surface area contributed by atoms with Gasteiger partial charge in [0.05, 0.1) is 26.9 Å². The quantitative estimate of drug-likeness (QED) is 0.303. The monoisotopic (exact) mass is 556 g/mol. The van der Waals surface area contributed by atoms with Crippen molar-refractivity contribution >= 4 is 44.6 Å². The molecule has 5 rings (SSSR count). The molecule has 4 aromatic rings. The summed E-state index contributed by atoms with van der Waals surface area (Å²) in [4.78, 5) is 44.2. The summed E-state index contributed by atoms with van der Waals surface area (Å²) in [6.07, 6.45) is 6.10. The molecule has 12 heteroatoms. The van der Waals surface area contributed by atoms with Crippen molar-refractivity contribution in [3.8, 4) is 28.5 Å². The first-order chi connectivity index (χ1) is 19.2. The van der Waals surface area contributed by atoms with E-state index in [4.69, 9.17) is 0 Å². The molecule has 3 aromatic heterocycles. The molecule has 0 bridgehead atoms. The van der Waals surface area contributed by atoms with Crippen LogP contribution in [0.25, 0.3) is 32.6 Å². The van der Waals surface area contributed by atoms with Crippen molar-refractivity contribution in [2.24, 2.45) is 5.41 Å². The third-order valence-electron chi connectivity index (χ3n) is 7.15. The number of fused-ring (bicyclic) bond motifs is 1. The Bertz CT molecular complexity index is 1640. The Balaban J connectivity index is 1.51. The number of carboxylic acids is 1. The molecule has 4 heterocycles. The van der Waals surface area contributed by atoms with Gasteiger partial charge in [-0.2, -0.15) is 5.26 Å².